The molecule has 0 spiro atoms. The van der Waals surface area contributed by atoms with Crippen LogP contribution in [0.25, 0.3) is 10.9 Å². The van der Waals surface area contributed by atoms with E-state index >= 15 is 0 Å². The first-order valence-electron chi connectivity index (χ1n) is 8.83. The number of H-pyrrole nitrogens is 1. The number of hydrogen-bond donors (Lipinski definition) is 2. The van der Waals surface area contributed by atoms with Crippen molar-refractivity contribution in [3.05, 3.63) is 47.2 Å². The molecular weight excluding hydrogens is 284 g/mol. The summed E-state index contributed by atoms with van der Waals surface area (Å²) in [5, 5.41) is 11.6. The van der Waals surface area contributed by atoms with Gasteiger partial charge in [0.2, 0.25) is 0 Å². The van der Waals surface area contributed by atoms with E-state index in [9.17, 15) is 5.11 Å². The second-order valence-corrected chi connectivity index (χ2v) is 6.87. The average molecular weight is 313 g/mol. The molecule has 1 aromatic carbocycles. The smallest absolute Gasteiger partial charge is 0.153 e. The summed E-state index contributed by atoms with van der Waals surface area (Å²) in [7, 11) is 0. The molecule has 2 N–H and O–H groups in total. The molecule has 0 saturated carbocycles. The lowest BCUT2D eigenvalue weighted by Crippen LogP contribution is -2.55. The molecule has 124 valence electrons. The number of aliphatic hydroxyl groups is 1. The third kappa shape index (κ3) is 2.73. The summed E-state index contributed by atoms with van der Waals surface area (Å²) >= 11 is 0. The Balaban J connectivity index is 2.07. The van der Waals surface area contributed by atoms with E-state index in [-0.39, 0.29) is 12.6 Å². The monoisotopic (exact) mass is 313 g/mol. The van der Waals surface area contributed by atoms with Crippen LogP contribution in [0, 0.1) is 6.92 Å². The van der Waals surface area contributed by atoms with Crippen molar-refractivity contribution in [3.63, 3.8) is 0 Å². The number of aromatic nitrogens is 1. The van der Waals surface area contributed by atoms with Crippen LogP contribution in [0.15, 0.2) is 35.9 Å². The number of allylic oxidation sites excluding steroid dienone is 1. The molecule has 3 rings (SSSR count). The molecule has 23 heavy (non-hydrogen) atoms. The van der Waals surface area contributed by atoms with Gasteiger partial charge in [0.1, 0.15) is 13.2 Å². The van der Waals surface area contributed by atoms with Gasteiger partial charge in [-0.3, -0.25) is 0 Å². The first kappa shape index (κ1) is 16.3. The SMILES string of the molecule is C/C=C1/CCC[N+](CC)(C(CO)c2[nH]c3ccccc3c2C)C1. The maximum absolute atomic E-state index is 10.3. The number of benzene rings is 1. The summed E-state index contributed by atoms with van der Waals surface area (Å²) in [6, 6.07) is 8.58. The van der Waals surface area contributed by atoms with Crippen LogP contribution in [-0.4, -0.2) is 40.8 Å². The zero-order chi connectivity index (χ0) is 16.4. The molecule has 1 aliphatic heterocycles. The second-order valence-electron chi connectivity index (χ2n) is 6.87. The molecule has 2 aromatic rings. The Morgan fingerprint density at radius 3 is 2.78 bits per heavy atom. The second kappa shape index (κ2) is 6.50. The largest absolute Gasteiger partial charge is 0.390 e. The van der Waals surface area contributed by atoms with Gasteiger partial charge in [-0.25, -0.2) is 0 Å². The number of fused-ring (bicyclic) bond motifs is 1. The van der Waals surface area contributed by atoms with Crippen molar-refractivity contribution in [1.29, 1.82) is 0 Å². The molecule has 1 aromatic heterocycles. The highest BCUT2D eigenvalue weighted by Gasteiger charge is 2.40. The average Bonchev–Trinajstić information content (AvgIpc) is 2.93. The lowest BCUT2D eigenvalue weighted by molar-refractivity contribution is -0.955. The van der Waals surface area contributed by atoms with Gasteiger partial charge >= 0.3 is 0 Å². The Labute approximate surface area is 139 Å². The van der Waals surface area contributed by atoms with Crippen LogP contribution < -0.4 is 0 Å². The number of nitrogens with one attached hydrogen (secondary N) is 1. The molecule has 1 saturated heterocycles. The number of quaternary nitrogens is 1. The maximum Gasteiger partial charge on any atom is 0.153 e. The first-order chi connectivity index (χ1) is 11.1. The van der Waals surface area contributed by atoms with Crippen molar-refractivity contribution >= 4 is 10.9 Å². The van der Waals surface area contributed by atoms with E-state index in [0.29, 0.717) is 0 Å². The van der Waals surface area contributed by atoms with Crippen molar-refractivity contribution in [2.24, 2.45) is 0 Å². The predicted molar refractivity (Wildman–Crippen MR) is 96.4 cm³/mol. The van der Waals surface area contributed by atoms with Crippen molar-refractivity contribution < 1.29 is 9.59 Å². The molecule has 1 fully saturated rings. The number of aliphatic hydroxyl groups excluding tert-OH is 1. The molecule has 3 heteroatoms. The van der Waals surface area contributed by atoms with Crippen LogP contribution in [0.3, 0.4) is 0 Å². The van der Waals surface area contributed by atoms with Gasteiger partial charge in [0.05, 0.1) is 18.8 Å². The minimum Gasteiger partial charge on any atom is -0.390 e. The number of nitrogens with zero attached hydrogens (tertiary/aromatic N) is 1. The molecule has 3 nitrogen and oxygen atoms in total. The predicted octanol–water partition coefficient (Wildman–Crippen LogP) is 4.09. The molecule has 2 heterocycles. The van der Waals surface area contributed by atoms with E-state index in [2.05, 4.69) is 56.1 Å². The fourth-order valence-electron chi connectivity index (χ4n) is 4.35. The van der Waals surface area contributed by atoms with E-state index in [1.165, 1.54) is 40.6 Å². The van der Waals surface area contributed by atoms with E-state index in [4.69, 9.17) is 0 Å². The van der Waals surface area contributed by atoms with Crippen LogP contribution in [0.4, 0.5) is 0 Å². The van der Waals surface area contributed by atoms with Crippen LogP contribution >= 0.6 is 0 Å². The summed E-state index contributed by atoms with van der Waals surface area (Å²) in [6.45, 7) is 10.0. The summed E-state index contributed by atoms with van der Waals surface area (Å²) in [4.78, 5) is 3.61. The number of hydrogen-bond acceptors (Lipinski definition) is 1. The van der Waals surface area contributed by atoms with Gasteiger partial charge in [0, 0.05) is 17.3 Å². The van der Waals surface area contributed by atoms with Gasteiger partial charge in [-0.15, -0.1) is 0 Å². The van der Waals surface area contributed by atoms with E-state index in [0.717, 1.165) is 24.1 Å². The highest BCUT2D eigenvalue weighted by Crippen LogP contribution is 2.37. The number of likely N-dealkylation sites (N-methyl/N-ethyl adjacent to an activating group) is 1. The minimum absolute atomic E-state index is 0.127. The van der Waals surface area contributed by atoms with Crippen LogP contribution in [0.5, 0.6) is 0 Å². The molecule has 0 bridgehead atoms. The van der Waals surface area contributed by atoms with Crippen LogP contribution in [-0.2, 0) is 0 Å². The molecular formula is C20H29N2O+. The van der Waals surface area contributed by atoms with Crippen LogP contribution in [0.1, 0.15) is 44.0 Å². The van der Waals surface area contributed by atoms with Gasteiger partial charge in [0.25, 0.3) is 0 Å². The number of aryl methyl sites for hydroxylation is 1. The Morgan fingerprint density at radius 2 is 2.13 bits per heavy atom. The van der Waals surface area contributed by atoms with Crippen molar-refractivity contribution in [2.45, 2.75) is 39.7 Å². The van der Waals surface area contributed by atoms with Gasteiger partial charge in [-0.05, 0) is 44.4 Å². The molecule has 0 amide bonds. The highest BCUT2D eigenvalue weighted by atomic mass is 16.3. The first-order valence-corrected chi connectivity index (χ1v) is 8.83. The van der Waals surface area contributed by atoms with Crippen molar-refractivity contribution in [1.82, 2.24) is 4.98 Å². The minimum atomic E-state index is 0.127. The Morgan fingerprint density at radius 1 is 1.35 bits per heavy atom. The van der Waals surface area contributed by atoms with Gasteiger partial charge in [-0.2, -0.15) is 0 Å². The van der Waals surface area contributed by atoms with E-state index in [1.54, 1.807) is 0 Å². The number of para-hydroxylation sites is 1. The Hall–Kier alpha value is -1.58. The van der Waals surface area contributed by atoms with Crippen LogP contribution in [0.2, 0.25) is 0 Å². The van der Waals surface area contributed by atoms with Gasteiger partial charge in [-0.1, -0.05) is 24.3 Å². The summed E-state index contributed by atoms with van der Waals surface area (Å²) in [5.74, 6) is 0. The van der Waals surface area contributed by atoms with Crippen molar-refractivity contribution in [3.8, 4) is 0 Å². The lowest BCUT2D eigenvalue weighted by atomic mass is 9.96. The third-order valence-corrected chi connectivity index (χ3v) is 5.83. The fraction of sp³-hybridized carbons (Fsp3) is 0.500. The maximum atomic E-state index is 10.3. The Kier molecular flexibility index (Phi) is 4.60. The normalized spacial score (nSPS) is 25.1. The zero-order valence-corrected chi connectivity index (χ0v) is 14.6. The third-order valence-electron chi connectivity index (χ3n) is 5.83. The Bertz CT molecular complexity index is 716. The molecule has 2 atom stereocenters. The van der Waals surface area contributed by atoms with E-state index in [1.807, 2.05) is 0 Å². The fourth-order valence-corrected chi connectivity index (χ4v) is 4.35. The number of rotatable bonds is 4. The molecule has 0 aliphatic carbocycles. The topological polar surface area (TPSA) is 36.0 Å². The molecule has 0 radical (unpaired) electrons. The quantitative estimate of drug-likeness (QED) is 0.647. The van der Waals surface area contributed by atoms with Gasteiger partial charge in [0.15, 0.2) is 6.04 Å². The van der Waals surface area contributed by atoms with Crippen molar-refractivity contribution in [2.75, 3.05) is 26.2 Å². The summed E-state index contributed by atoms with van der Waals surface area (Å²) < 4.78 is 0.962. The standard InChI is InChI=1S/C20H29N2O/c1-4-16-9-8-12-22(5-2,13-16)19(14-23)20-15(3)17-10-6-7-11-18(17)21-20/h4,6-7,10-11,19,21,23H,5,8-9,12-14H2,1-3H3/q+1/b16-4-. The number of piperidine rings is 1. The number of likely N-dealkylation sites (tertiary alicyclic amines) is 1. The highest BCUT2D eigenvalue weighted by molar-refractivity contribution is 5.84. The number of aromatic amines is 1. The zero-order valence-electron chi connectivity index (χ0n) is 14.6. The summed E-state index contributed by atoms with van der Waals surface area (Å²) in [6.07, 6.45) is 4.69. The van der Waals surface area contributed by atoms with Gasteiger partial charge < -0.3 is 14.6 Å². The summed E-state index contributed by atoms with van der Waals surface area (Å²) in [5.41, 5.74) is 5.22. The molecule has 2 unspecified atom stereocenters. The molecule has 1 aliphatic rings. The lowest BCUT2D eigenvalue weighted by Gasteiger charge is -2.46. The van der Waals surface area contributed by atoms with E-state index < -0.39 is 0 Å².